The predicted molar refractivity (Wildman–Crippen MR) is 154 cm³/mol. The molecule has 2 amide bonds. The largest absolute Gasteiger partial charge is 0.510 e. The number of carbonyl (C=O) groups is 4. The average molecular weight is 600 g/mol. The number of hydrogen-bond donors (Lipinski definition) is 6. The molecular weight excluding hydrogens is 562 g/mol. The standard InChI is InChI=1S/C29H37N5O9/c1-32(2)17-11-16(31-18(35)12-34-5-7-43-8-6-34)23(36)20-14(17)9-13-10-15-22(33(3)4)25(38)21(28(30)41)27(40)29(15,42)26(39)19(13)24(20)37/h11,13,15,22,36,38-39,42H,5-10,12H2,1-4H3,(H2,30,41)(H,31,35)/t13?,15?,22-,29-/m0/s1. The molecule has 0 bridgehead atoms. The Morgan fingerprint density at radius 1 is 1.14 bits per heavy atom. The number of phenols is 1. The number of morpholine rings is 1. The fourth-order valence-corrected chi connectivity index (χ4v) is 6.95. The average Bonchev–Trinajstić information content (AvgIpc) is 2.92. The van der Waals surface area contributed by atoms with Gasteiger partial charge in [0.2, 0.25) is 11.7 Å². The summed E-state index contributed by atoms with van der Waals surface area (Å²) < 4.78 is 5.31. The van der Waals surface area contributed by atoms with Gasteiger partial charge >= 0.3 is 0 Å². The van der Waals surface area contributed by atoms with Gasteiger partial charge in [-0.15, -0.1) is 0 Å². The van der Waals surface area contributed by atoms with Crippen molar-refractivity contribution in [2.45, 2.75) is 24.5 Å². The van der Waals surface area contributed by atoms with Gasteiger partial charge < -0.3 is 41.1 Å². The SMILES string of the molecule is CN(C)c1cc(NC(=O)CN2CCOCC2)c(O)c2c1CC1CC3[C@H](N(C)C)C(O)=C(C(N)=O)C(=O)[C@@]3(O)C(O)=C1C2=O. The van der Waals surface area contributed by atoms with Crippen LogP contribution >= 0.6 is 0 Å². The number of aliphatic hydroxyl groups excluding tert-OH is 2. The lowest BCUT2D eigenvalue weighted by Gasteiger charge is -2.50. The number of rotatable bonds is 6. The number of ketones is 2. The topological polar surface area (TPSA) is 206 Å². The number of carbonyl (C=O) groups excluding carboxylic acids is 4. The van der Waals surface area contributed by atoms with Crippen LogP contribution in [0.4, 0.5) is 11.4 Å². The van der Waals surface area contributed by atoms with Gasteiger partial charge in [-0.25, -0.2) is 0 Å². The number of nitrogens with one attached hydrogen (secondary N) is 1. The number of benzene rings is 1. The minimum absolute atomic E-state index is 0.00900. The van der Waals surface area contributed by atoms with E-state index in [1.807, 2.05) is 4.90 Å². The van der Waals surface area contributed by atoms with E-state index in [1.165, 1.54) is 4.90 Å². The van der Waals surface area contributed by atoms with Crippen molar-refractivity contribution in [2.24, 2.45) is 17.6 Å². The first-order valence-corrected chi connectivity index (χ1v) is 14.0. The Labute approximate surface area is 248 Å². The molecule has 0 spiro atoms. The molecular formula is C29H37N5O9. The van der Waals surface area contributed by atoms with Crippen molar-refractivity contribution in [1.82, 2.24) is 9.80 Å². The van der Waals surface area contributed by atoms with Crippen LogP contribution in [-0.4, -0.2) is 126 Å². The number of amides is 2. The van der Waals surface area contributed by atoms with Crippen LogP contribution in [0, 0.1) is 11.8 Å². The molecule has 7 N–H and O–H groups in total. The van der Waals surface area contributed by atoms with E-state index in [1.54, 1.807) is 39.2 Å². The lowest BCUT2D eigenvalue weighted by atomic mass is 9.58. The van der Waals surface area contributed by atoms with Gasteiger partial charge in [-0.05, 0) is 44.5 Å². The molecule has 0 saturated carbocycles. The number of allylic oxidation sites excluding steroid dienone is 1. The summed E-state index contributed by atoms with van der Waals surface area (Å²) in [5.41, 5.74) is 2.36. The van der Waals surface area contributed by atoms with Crippen LogP contribution in [0.5, 0.6) is 5.75 Å². The minimum Gasteiger partial charge on any atom is -0.510 e. The van der Waals surface area contributed by atoms with E-state index < -0.39 is 69.7 Å². The van der Waals surface area contributed by atoms with E-state index in [0.29, 0.717) is 37.6 Å². The van der Waals surface area contributed by atoms with Crippen LogP contribution in [0.15, 0.2) is 28.7 Å². The Bertz CT molecular complexity index is 1480. The lowest BCUT2D eigenvalue weighted by molar-refractivity contribution is -0.148. The third-order valence-electron chi connectivity index (χ3n) is 8.93. The molecule has 1 fully saturated rings. The number of ether oxygens (including phenoxy) is 1. The highest BCUT2D eigenvalue weighted by Crippen LogP contribution is 2.53. The lowest BCUT2D eigenvalue weighted by Crippen LogP contribution is -2.63. The van der Waals surface area contributed by atoms with Crippen molar-refractivity contribution in [3.8, 4) is 5.75 Å². The maximum atomic E-state index is 14.1. The maximum absolute atomic E-state index is 14.1. The summed E-state index contributed by atoms with van der Waals surface area (Å²) in [7, 11) is 6.64. The summed E-state index contributed by atoms with van der Waals surface area (Å²) in [6, 6.07) is 0.503. The first kappa shape index (κ1) is 30.5. The number of likely N-dealkylation sites (N-methyl/N-ethyl adjacent to an activating group) is 1. The number of aromatic hydroxyl groups is 1. The molecule has 0 aromatic heterocycles. The number of anilines is 2. The number of primary amides is 1. The molecule has 1 aromatic carbocycles. The van der Waals surface area contributed by atoms with Crippen molar-refractivity contribution in [2.75, 3.05) is 71.3 Å². The molecule has 43 heavy (non-hydrogen) atoms. The Morgan fingerprint density at radius 3 is 2.37 bits per heavy atom. The Morgan fingerprint density at radius 2 is 1.79 bits per heavy atom. The Hall–Kier alpha value is -3.98. The van der Waals surface area contributed by atoms with Crippen molar-refractivity contribution in [3.63, 3.8) is 0 Å². The first-order chi connectivity index (χ1) is 20.2. The third-order valence-corrected chi connectivity index (χ3v) is 8.93. The van der Waals surface area contributed by atoms with Crippen LogP contribution in [0.2, 0.25) is 0 Å². The first-order valence-electron chi connectivity index (χ1n) is 14.0. The van der Waals surface area contributed by atoms with Crippen molar-refractivity contribution < 1.29 is 44.3 Å². The number of hydrogen-bond acceptors (Lipinski definition) is 12. The van der Waals surface area contributed by atoms with Crippen LogP contribution in [0.25, 0.3) is 0 Å². The predicted octanol–water partition coefficient (Wildman–Crippen LogP) is -0.543. The van der Waals surface area contributed by atoms with Gasteiger partial charge in [-0.2, -0.15) is 0 Å². The Kier molecular flexibility index (Phi) is 7.75. The van der Waals surface area contributed by atoms with Gasteiger partial charge in [0, 0.05) is 44.4 Å². The summed E-state index contributed by atoms with van der Waals surface area (Å²) in [5, 5.41) is 48.2. The third kappa shape index (κ3) is 4.74. The van der Waals surface area contributed by atoms with E-state index in [4.69, 9.17) is 10.5 Å². The number of nitrogens with zero attached hydrogens (tertiary/aromatic N) is 3. The maximum Gasteiger partial charge on any atom is 0.255 e. The number of fused-ring (bicyclic) bond motifs is 3. The molecule has 4 aliphatic rings. The zero-order valence-electron chi connectivity index (χ0n) is 24.5. The second-order valence-corrected chi connectivity index (χ2v) is 11.9. The highest BCUT2D eigenvalue weighted by molar-refractivity contribution is 6.25. The van der Waals surface area contributed by atoms with Gasteiger partial charge in [0.25, 0.3) is 5.91 Å². The fraction of sp³-hybridized carbons (Fsp3) is 0.517. The molecule has 1 saturated heterocycles. The smallest absolute Gasteiger partial charge is 0.255 e. The molecule has 14 heteroatoms. The van der Waals surface area contributed by atoms with Crippen LogP contribution in [-0.2, 0) is 25.5 Å². The number of aliphatic hydroxyl groups is 3. The fourth-order valence-electron chi connectivity index (χ4n) is 6.95. The van der Waals surface area contributed by atoms with Crippen molar-refractivity contribution >= 4 is 34.8 Å². The van der Waals surface area contributed by atoms with E-state index in [9.17, 15) is 39.6 Å². The van der Waals surface area contributed by atoms with E-state index in [-0.39, 0.29) is 36.2 Å². The molecule has 232 valence electrons. The molecule has 14 nitrogen and oxygen atoms in total. The second-order valence-electron chi connectivity index (χ2n) is 11.9. The normalized spacial score (nSPS) is 27.5. The minimum atomic E-state index is -2.73. The van der Waals surface area contributed by atoms with Gasteiger partial charge in [-0.3, -0.25) is 29.0 Å². The molecule has 4 atom stereocenters. The second kappa shape index (κ2) is 10.9. The van der Waals surface area contributed by atoms with E-state index in [0.717, 1.165) is 0 Å². The Balaban J connectivity index is 1.60. The van der Waals surface area contributed by atoms with E-state index in [2.05, 4.69) is 5.32 Å². The molecule has 1 aromatic rings. The van der Waals surface area contributed by atoms with Crippen LogP contribution < -0.4 is 16.0 Å². The number of phenolic OH excluding ortho intramolecular Hbond substituents is 1. The molecule has 3 aliphatic carbocycles. The molecule has 1 aliphatic heterocycles. The molecule has 0 radical (unpaired) electrons. The number of Topliss-reactive ketones (excluding diaryl/α,β-unsaturated/α-hetero) is 2. The number of nitrogens with two attached hydrogens (primary N) is 1. The van der Waals surface area contributed by atoms with Gasteiger partial charge in [0.05, 0.1) is 37.1 Å². The summed E-state index contributed by atoms with van der Waals surface area (Å²) in [4.78, 5) is 57.8. The quantitative estimate of drug-likeness (QED) is 0.180. The van der Waals surface area contributed by atoms with Crippen molar-refractivity contribution in [3.05, 3.63) is 39.9 Å². The highest BCUT2D eigenvalue weighted by atomic mass is 16.5. The molecule has 5 rings (SSSR count). The summed E-state index contributed by atoms with van der Waals surface area (Å²) in [6.45, 7) is 2.18. The van der Waals surface area contributed by atoms with Crippen LogP contribution in [0.1, 0.15) is 22.3 Å². The van der Waals surface area contributed by atoms with Crippen LogP contribution in [0.3, 0.4) is 0 Å². The van der Waals surface area contributed by atoms with E-state index >= 15 is 0 Å². The van der Waals surface area contributed by atoms with Crippen molar-refractivity contribution in [1.29, 1.82) is 0 Å². The zero-order valence-corrected chi connectivity index (χ0v) is 24.5. The molecule has 1 heterocycles. The molecule has 2 unspecified atom stereocenters. The highest BCUT2D eigenvalue weighted by Gasteiger charge is 2.63. The summed E-state index contributed by atoms with van der Waals surface area (Å²) in [6.07, 6.45) is 0.120. The summed E-state index contributed by atoms with van der Waals surface area (Å²) in [5.74, 6) is -7.72. The monoisotopic (exact) mass is 599 g/mol. The van der Waals surface area contributed by atoms with Gasteiger partial charge in [0.1, 0.15) is 17.1 Å². The zero-order chi connectivity index (χ0) is 31.5. The van der Waals surface area contributed by atoms with Gasteiger partial charge in [0.15, 0.2) is 17.1 Å². The summed E-state index contributed by atoms with van der Waals surface area (Å²) >= 11 is 0. The van der Waals surface area contributed by atoms with Gasteiger partial charge in [-0.1, -0.05) is 0 Å².